The molecule has 0 fully saturated rings. The van der Waals surface area contributed by atoms with E-state index in [-0.39, 0.29) is 6.04 Å². The number of amides is 1. The lowest BCUT2D eigenvalue weighted by Gasteiger charge is -2.12. The number of methoxy groups -OCH3 is 1. The van der Waals surface area contributed by atoms with Crippen LogP contribution in [0.1, 0.15) is 18.5 Å². The molecule has 0 saturated carbocycles. The summed E-state index contributed by atoms with van der Waals surface area (Å²) >= 11 is 0. The topological polar surface area (TPSA) is 85.6 Å². The first-order chi connectivity index (χ1) is 10.2. The van der Waals surface area contributed by atoms with Gasteiger partial charge in [0, 0.05) is 19.7 Å². The molecule has 1 aromatic rings. The maximum Gasteiger partial charge on any atom is 0.404 e. The minimum Gasteiger partial charge on any atom is -0.465 e. The molecule has 1 amide bonds. The van der Waals surface area contributed by atoms with Gasteiger partial charge in [0.15, 0.2) is 0 Å². The number of nitrogens with one attached hydrogen (secondary N) is 1. The molecule has 2 N–H and O–H groups in total. The molecule has 1 unspecified atom stereocenters. The first-order valence-electron chi connectivity index (χ1n) is 6.96. The smallest absolute Gasteiger partial charge is 0.404 e. The van der Waals surface area contributed by atoms with Gasteiger partial charge >= 0.3 is 6.09 Å². The number of hydrogen-bond acceptors (Lipinski definition) is 4. The zero-order chi connectivity index (χ0) is 15.1. The number of hydrogen-bond donors (Lipinski definition) is 2. The van der Waals surface area contributed by atoms with Gasteiger partial charge in [0.1, 0.15) is 0 Å². The maximum absolute atomic E-state index is 10.7. The van der Waals surface area contributed by atoms with Crippen molar-refractivity contribution in [3.63, 3.8) is 0 Å². The maximum atomic E-state index is 10.7. The molecule has 116 valence electrons. The van der Waals surface area contributed by atoms with Gasteiger partial charge in [-0.05, 0) is 18.4 Å². The molecule has 0 aliphatic heterocycles. The summed E-state index contributed by atoms with van der Waals surface area (Å²) in [4.78, 5) is 14.8. The van der Waals surface area contributed by atoms with Crippen LogP contribution >= 0.6 is 0 Å². The van der Waals surface area contributed by atoms with E-state index in [4.69, 9.17) is 14.6 Å². The van der Waals surface area contributed by atoms with Crippen LogP contribution in [0.5, 0.6) is 0 Å². The molecule has 7 heteroatoms. The van der Waals surface area contributed by atoms with E-state index < -0.39 is 6.09 Å². The summed E-state index contributed by atoms with van der Waals surface area (Å²) in [5.41, 5.74) is 2.16. The second-order valence-corrected chi connectivity index (χ2v) is 4.89. The van der Waals surface area contributed by atoms with E-state index in [9.17, 15) is 4.79 Å². The van der Waals surface area contributed by atoms with Crippen molar-refractivity contribution in [1.82, 2.24) is 14.9 Å². The van der Waals surface area contributed by atoms with Gasteiger partial charge in [0.05, 0.1) is 38.0 Å². The molecule has 7 nitrogen and oxygen atoms in total. The number of imidazole rings is 1. The molecule has 1 heterocycles. The van der Waals surface area contributed by atoms with Crippen LogP contribution in [0.4, 0.5) is 4.79 Å². The third kappa shape index (κ3) is 4.57. The number of carbonyl (C=O) groups is 1. The van der Waals surface area contributed by atoms with Crippen molar-refractivity contribution in [1.29, 1.82) is 0 Å². The first kappa shape index (κ1) is 15.5. The third-order valence-corrected chi connectivity index (χ3v) is 3.39. The summed E-state index contributed by atoms with van der Waals surface area (Å²) in [5.74, 6) is 0. The summed E-state index contributed by atoms with van der Waals surface area (Å²) < 4.78 is 12.4. The molecule has 2 rings (SSSR count). The standard InChI is InChI=1S/C14H21N3O4/c1-20-6-7-21-5-4-17-10-15-9-13(17)11-2-3-12(8-11)16-14(18)19/h2,9-10,12,16H,3-8H2,1H3,(H,18,19). The SMILES string of the molecule is COCCOCCn1cncc1C1=CCC(NC(=O)O)C1. The number of ether oxygens (including phenoxy) is 2. The monoisotopic (exact) mass is 295 g/mol. The van der Waals surface area contributed by atoms with Crippen molar-refractivity contribution < 1.29 is 19.4 Å². The molecular formula is C14H21N3O4. The number of rotatable bonds is 8. The average molecular weight is 295 g/mol. The van der Waals surface area contributed by atoms with Crippen molar-refractivity contribution >= 4 is 11.7 Å². The van der Waals surface area contributed by atoms with E-state index in [1.807, 2.05) is 10.8 Å². The second-order valence-electron chi connectivity index (χ2n) is 4.89. The molecule has 0 saturated heterocycles. The molecule has 1 aliphatic carbocycles. The van der Waals surface area contributed by atoms with Gasteiger partial charge in [-0.15, -0.1) is 0 Å². The number of carboxylic acid groups (broad SMARTS) is 1. The highest BCUT2D eigenvalue weighted by Crippen LogP contribution is 2.27. The highest BCUT2D eigenvalue weighted by molar-refractivity contribution is 5.69. The van der Waals surface area contributed by atoms with E-state index in [0.29, 0.717) is 32.8 Å². The normalized spacial score (nSPS) is 17.8. The van der Waals surface area contributed by atoms with Crippen molar-refractivity contribution in [3.05, 3.63) is 24.3 Å². The minimum atomic E-state index is -0.977. The van der Waals surface area contributed by atoms with Crippen molar-refractivity contribution in [2.75, 3.05) is 26.9 Å². The number of nitrogens with zero attached hydrogens (tertiary/aromatic N) is 2. The Balaban J connectivity index is 1.84. The highest BCUT2D eigenvalue weighted by Gasteiger charge is 2.21. The third-order valence-electron chi connectivity index (χ3n) is 3.39. The Labute approximate surface area is 123 Å². The quantitative estimate of drug-likeness (QED) is 0.707. The molecule has 0 aromatic carbocycles. The summed E-state index contributed by atoms with van der Waals surface area (Å²) in [7, 11) is 1.64. The van der Waals surface area contributed by atoms with Crippen LogP contribution in [0.15, 0.2) is 18.6 Å². The lowest BCUT2D eigenvalue weighted by Crippen LogP contribution is -2.31. The van der Waals surface area contributed by atoms with Gasteiger partial charge in [0.2, 0.25) is 0 Å². The fraction of sp³-hybridized carbons (Fsp3) is 0.571. The Morgan fingerprint density at radius 1 is 1.52 bits per heavy atom. The van der Waals surface area contributed by atoms with E-state index in [0.717, 1.165) is 17.7 Å². The molecule has 1 aromatic heterocycles. The lowest BCUT2D eigenvalue weighted by molar-refractivity contribution is 0.0665. The van der Waals surface area contributed by atoms with Gasteiger partial charge in [-0.2, -0.15) is 0 Å². The summed E-state index contributed by atoms with van der Waals surface area (Å²) in [5, 5.41) is 11.3. The van der Waals surface area contributed by atoms with Gasteiger partial charge in [-0.3, -0.25) is 0 Å². The summed E-state index contributed by atoms with van der Waals surface area (Å²) in [6.45, 7) is 2.47. The predicted molar refractivity (Wildman–Crippen MR) is 77.1 cm³/mol. The van der Waals surface area contributed by atoms with Gasteiger partial charge in [0.25, 0.3) is 0 Å². The van der Waals surface area contributed by atoms with Gasteiger partial charge in [-0.25, -0.2) is 9.78 Å². The Kier molecular flexibility index (Phi) is 5.77. The lowest BCUT2D eigenvalue weighted by atomic mass is 10.1. The molecule has 1 atom stereocenters. The van der Waals surface area contributed by atoms with Crippen molar-refractivity contribution in [2.45, 2.75) is 25.4 Å². The van der Waals surface area contributed by atoms with Crippen LogP contribution in [-0.4, -0.2) is 53.7 Å². The largest absolute Gasteiger partial charge is 0.465 e. The Morgan fingerprint density at radius 2 is 2.38 bits per heavy atom. The second kappa shape index (κ2) is 7.80. The van der Waals surface area contributed by atoms with Crippen LogP contribution in [0.25, 0.3) is 5.57 Å². The van der Waals surface area contributed by atoms with Crippen LogP contribution in [0.3, 0.4) is 0 Å². The molecule has 1 aliphatic rings. The van der Waals surface area contributed by atoms with E-state index in [1.165, 1.54) is 0 Å². The van der Waals surface area contributed by atoms with Crippen LogP contribution in [-0.2, 0) is 16.0 Å². The fourth-order valence-corrected chi connectivity index (χ4v) is 2.38. The summed E-state index contributed by atoms with van der Waals surface area (Å²) in [6.07, 6.45) is 6.09. The summed E-state index contributed by atoms with van der Waals surface area (Å²) in [6, 6.07) is -0.0428. The Bertz CT molecular complexity index is 498. The molecule has 0 bridgehead atoms. The van der Waals surface area contributed by atoms with E-state index in [1.54, 1.807) is 13.4 Å². The van der Waals surface area contributed by atoms with Crippen molar-refractivity contribution in [3.8, 4) is 0 Å². The van der Waals surface area contributed by atoms with E-state index >= 15 is 0 Å². The number of aromatic nitrogens is 2. The highest BCUT2D eigenvalue weighted by atomic mass is 16.5. The molecule has 0 spiro atoms. The predicted octanol–water partition coefficient (Wildman–Crippen LogP) is 1.36. The molecule has 21 heavy (non-hydrogen) atoms. The Hall–Kier alpha value is -1.86. The zero-order valence-corrected chi connectivity index (χ0v) is 12.1. The van der Waals surface area contributed by atoms with Crippen LogP contribution < -0.4 is 5.32 Å². The van der Waals surface area contributed by atoms with E-state index in [2.05, 4.69) is 16.4 Å². The zero-order valence-electron chi connectivity index (χ0n) is 12.1. The van der Waals surface area contributed by atoms with Gasteiger partial charge < -0.3 is 24.5 Å². The molecular weight excluding hydrogens is 274 g/mol. The minimum absolute atomic E-state index is 0.0428. The average Bonchev–Trinajstić information content (AvgIpc) is 3.06. The van der Waals surface area contributed by atoms with Gasteiger partial charge in [-0.1, -0.05) is 6.08 Å². The Morgan fingerprint density at radius 3 is 3.14 bits per heavy atom. The first-order valence-corrected chi connectivity index (χ1v) is 6.96. The van der Waals surface area contributed by atoms with Crippen LogP contribution in [0, 0.1) is 0 Å². The van der Waals surface area contributed by atoms with Crippen molar-refractivity contribution in [2.24, 2.45) is 0 Å². The molecule has 0 radical (unpaired) electrons. The fourth-order valence-electron chi connectivity index (χ4n) is 2.38. The van der Waals surface area contributed by atoms with Crippen LogP contribution in [0.2, 0.25) is 0 Å².